The second-order valence-electron chi connectivity index (χ2n) is 3.90. The van der Waals surface area contributed by atoms with Crippen molar-refractivity contribution in [3.8, 4) is 0 Å². The van der Waals surface area contributed by atoms with Crippen LogP contribution in [0.15, 0.2) is 35.6 Å². The average Bonchev–Trinajstić information content (AvgIpc) is 2.38. The number of halogens is 2. The average molecular weight is 281 g/mol. The third-order valence-corrected chi connectivity index (χ3v) is 3.13. The van der Waals surface area contributed by atoms with E-state index in [1.54, 1.807) is 0 Å². The topological polar surface area (TPSA) is 37.8 Å². The monoisotopic (exact) mass is 281 g/mol. The van der Waals surface area contributed by atoms with E-state index in [0.29, 0.717) is 24.3 Å². The molecule has 1 N–H and O–H groups in total. The molecule has 0 aliphatic carbocycles. The minimum Gasteiger partial charge on any atom is -0.370 e. The third kappa shape index (κ3) is 4.17. The normalized spacial score (nSPS) is 10.5. The molecule has 1 heterocycles. The summed E-state index contributed by atoms with van der Waals surface area (Å²) in [5.41, 5.74) is 0.615. The van der Waals surface area contributed by atoms with Crippen LogP contribution in [0.1, 0.15) is 5.56 Å². The van der Waals surface area contributed by atoms with Gasteiger partial charge in [-0.25, -0.2) is 18.7 Å². The maximum absolute atomic E-state index is 13.0. The predicted molar refractivity (Wildman–Crippen MR) is 72.4 cm³/mol. The molecule has 2 rings (SSSR count). The van der Waals surface area contributed by atoms with Crippen LogP contribution in [0, 0.1) is 11.6 Å². The zero-order valence-corrected chi connectivity index (χ0v) is 11.2. The van der Waals surface area contributed by atoms with Gasteiger partial charge in [-0.2, -0.15) is 0 Å². The molecule has 0 fully saturated rings. The molecule has 0 spiro atoms. The van der Waals surface area contributed by atoms with Crippen LogP contribution < -0.4 is 5.32 Å². The molecule has 19 heavy (non-hydrogen) atoms. The summed E-state index contributed by atoms with van der Waals surface area (Å²) in [4.78, 5) is 8.13. The van der Waals surface area contributed by atoms with Crippen LogP contribution in [-0.4, -0.2) is 22.8 Å². The Labute approximate surface area is 114 Å². The second kappa shape index (κ2) is 6.47. The van der Waals surface area contributed by atoms with E-state index < -0.39 is 11.6 Å². The summed E-state index contributed by atoms with van der Waals surface area (Å²) in [7, 11) is 0. The predicted octanol–water partition coefficient (Wildman–Crippen LogP) is 3.13. The Hall–Kier alpha value is -1.69. The second-order valence-corrected chi connectivity index (χ2v) is 4.73. The number of hydrogen-bond acceptors (Lipinski definition) is 4. The summed E-state index contributed by atoms with van der Waals surface area (Å²) in [5, 5.41) is 3.97. The van der Waals surface area contributed by atoms with Crippen molar-refractivity contribution < 1.29 is 8.78 Å². The molecule has 6 heteroatoms. The number of aromatic nitrogens is 2. The molecule has 1 aromatic heterocycles. The van der Waals surface area contributed by atoms with Gasteiger partial charge in [0.1, 0.15) is 28.8 Å². The summed E-state index contributed by atoms with van der Waals surface area (Å²) < 4.78 is 26.0. The van der Waals surface area contributed by atoms with Crippen molar-refractivity contribution in [3.05, 3.63) is 47.8 Å². The Bertz CT molecular complexity index is 543. The first-order chi connectivity index (χ1) is 9.17. The van der Waals surface area contributed by atoms with Crippen molar-refractivity contribution in [2.75, 3.05) is 18.1 Å². The molecule has 3 nitrogen and oxygen atoms in total. The number of hydrogen-bond donors (Lipinski definition) is 1. The molecule has 1 aromatic carbocycles. The molecule has 0 saturated carbocycles. The highest BCUT2D eigenvalue weighted by atomic mass is 32.2. The molecule has 0 saturated heterocycles. The number of thioether (sulfide) groups is 1. The molecule has 100 valence electrons. The first-order valence-electron chi connectivity index (χ1n) is 5.72. The maximum atomic E-state index is 13.0. The van der Waals surface area contributed by atoms with Gasteiger partial charge in [0, 0.05) is 18.7 Å². The molecule has 2 aromatic rings. The SMILES string of the molecule is CSc1cc(NCCc2cc(F)cc(F)c2)ncn1. The van der Waals surface area contributed by atoms with Gasteiger partial charge < -0.3 is 5.32 Å². The van der Waals surface area contributed by atoms with Gasteiger partial charge in [0.25, 0.3) is 0 Å². The number of anilines is 1. The van der Waals surface area contributed by atoms with Gasteiger partial charge in [0.2, 0.25) is 0 Å². The van der Waals surface area contributed by atoms with E-state index in [-0.39, 0.29) is 0 Å². The van der Waals surface area contributed by atoms with E-state index in [4.69, 9.17) is 0 Å². The van der Waals surface area contributed by atoms with Crippen molar-refractivity contribution in [1.29, 1.82) is 0 Å². The molecular formula is C13H13F2N3S. The molecule has 0 bridgehead atoms. The Morgan fingerprint density at radius 1 is 1.11 bits per heavy atom. The van der Waals surface area contributed by atoms with Crippen molar-refractivity contribution in [2.24, 2.45) is 0 Å². The Balaban J connectivity index is 1.92. The quantitative estimate of drug-likeness (QED) is 0.675. The number of benzene rings is 1. The van der Waals surface area contributed by atoms with Crippen LogP contribution in [-0.2, 0) is 6.42 Å². The zero-order chi connectivity index (χ0) is 13.7. The molecule has 0 aliphatic rings. The van der Waals surface area contributed by atoms with Crippen molar-refractivity contribution in [3.63, 3.8) is 0 Å². The van der Waals surface area contributed by atoms with E-state index in [0.717, 1.165) is 11.1 Å². The fourth-order valence-corrected chi connectivity index (χ4v) is 2.02. The number of nitrogens with zero attached hydrogens (tertiary/aromatic N) is 2. The third-order valence-electron chi connectivity index (χ3n) is 2.49. The van der Waals surface area contributed by atoms with Gasteiger partial charge >= 0.3 is 0 Å². The van der Waals surface area contributed by atoms with Gasteiger partial charge in [-0.15, -0.1) is 11.8 Å². The van der Waals surface area contributed by atoms with Gasteiger partial charge in [0.05, 0.1) is 0 Å². The molecule has 0 aliphatic heterocycles. The molecule has 0 radical (unpaired) electrons. The molecule has 0 amide bonds. The van der Waals surface area contributed by atoms with E-state index in [1.165, 1.54) is 30.2 Å². The summed E-state index contributed by atoms with van der Waals surface area (Å²) in [5.74, 6) is -0.403. The fraction of sp³-hybridized carbons (Fsp3) is 0.231. The largest absolute Gasteiger partial charge is 0.370 e. The van der Waals surface area contributed by atoms with Crippen LogP contribution >= 0.6 is 11.8 Å². The highest BCUT2D eigenvalue weighted by Crippen LogP contribution is 2.14. The Morgan fingerprint density at radius 3 is 2.53 bits per heavy atom. The fourth-order valence-electron chi connectivity index (χ4n) is 1.64. The zero-order valence-electron chi connectivity index (χ0n) is 10.4. The van der Waals surface area contributed by atoms with Crippen molar-refractivity contribution in [1.82, 2.24) is 9.97 Å². The van der Waals surface area contributed by atoms with Crippen LogP contribution in [0.3, 0.4) is 0 Å². The van der Waals surface area contributed by atoms with Crippen molar-refractivity contribution >= 4 is 17.6 Å². The molecular weight excluding hydrogens is 268 g/mol. The minimum absolute atomic E-state index is 0.521. The van der Waals surface area contributed by atoms with E-state index in [2.05, 4.69) is 15.3 Å². The first kappa shape index (κ1) is 13.7. The van der Waals surface area contributed by atoms with Gasteiger partial charge in [-0.1, -0.05) is 0 Å². The maximum Gasteiger partial charge on any atom is 0.130 e. The summed E-state index contributed by atoms with van der Waals surface area (Å²) in [6.45, 7) is 0.549. The van der Waals surface area contributed by atoms with E-state index in [1.807, 2.05) is 12.3 Å². The van der Waals surface area contributed by atoms with Crippen LogP contribution in [0.25, 0.3) is 0 Å². The summed E-state index contributed by atoms with van der Waals surface area (Å²) in [6, 6.07) is 5.36. The summed E-state index contributed by atoms with van der Waals surface area (Å²) >= 11 is 1.53. The van der Waals surface area contributed by atoms with Crippen LogP contribution in [0.4, 0.5) is 14.6 Å². The lowest BCUT2D eigenvalue weighted by molar-refractivity contribution is 0.580. The minimum atomic E-state index is -0.554. The summed E-state index contributed by atoms with van der Waals surface area (Å²) in [6.07, 6.45) is 3.94. The van der Waals surface area contributed by atoms with Crippen molar-refractivity contribution in [2.45, 2.75) is 11.4 Å². The number of nitrogens with one attached hydrogen (secondary N) is 1. The smallest absolute Gasteiger partial charge is 0.130 e. The van der Waals surface area contributed by atoms with E-state index >= 15 is 0 Å². The lowest BCUT2D eigenvalue weighted by atomic mass is 10.1. The standard InChI is InChI=1S/C13H13F2N3S/c1-19-13-7-12(17-8-18-13)16-3-2-9-4-10(14)6-11(15)5-9/h4-8H,2-3H2,1H3,(H,16,17,18). The van der Waals surface area contributed by atoms with Crippen LogP contribution in [0.5, 0.6) is 0 Å². The van der Waals surface area contributed by atoms with Gasteiger partial charge in [0.15, 0.2) is 0 Å². The lowest BCUT2D eigenvalue weighted by Crippen LogP contribution is -2.07. The van der Waals surface area contributed by atoms with Gasteiger partial charge in [-0.3, -0.25) is 0 Å². The highest BCUT2D eigenvalue weighted by Gasteiger charge is 2.01. The van der Waals surface area contributed by atoms with E-state index in [9.17, 15) is 8.78 Å². The molecule has 0 atom stereocenters. The number of rotatable bonds is 5. The molecule has 0 unspecified atom stereocenters. The van der Waals surface area contributed by atoms with Crippen LogP contribution in [0.2, 0.25) is 0 Å². The van der Waals surface area contributed by atoms with Gasteiger partial charge in [-0.05, 0) is 30.4 Å². The lowest BCUT2D eigenvalue weighted by Gasteiger charge is -2.06. The Morgan fingerprint density at radius 2 is 1.84 bits per heavy atom. The Kier molecular flexibility index (Phi) is 4.68. The first-order valence-corrected chi connectivity index (χ1v) is 6.95. The highest BCUT2D eigenvalue weighted by molar-refractivity contribution is 7.98.